The molecule has 0 aliphatic rings. The van der Waals surface area contributed by atoms with Crippen LogP contribution in [0.1, 0.15) is 23.0 Å². The highest BCUT2D eigenvalue weighted by Gasteiger charge is 2.15. The molecule has 1 aromatic carbocycles. The van der Waals surface area contributed by atoms with Gasteiger partial charge in [0.15, 0.2) is 5.78 Å². The van der Waals surface area contributed by atoms with Gasteiger partial charge in [0.25, 0.3) is 0 Å². The van der Waals surface area contributed by atoms with Crippen molar-refractivity contribution in [1.82, 2.24) is 4.98 Å². The quantitative estimate of drug-likeness (QED) is 0.824. The van der Waals surface area contributed by atoms with E-state index in [9.17, 15) is 9.59 Å². The minimum Gasteiger partial charge on any atom is -0.453 e. The predicted molar refractivity (Wildman–Crippen MR) is 64.0 cm³/mol. The van der Waals surface area contributed by atoms with E-state index in [-0.39, 0.29) is 12.4 Å². The number of carbonyl (C=O) groups excluding carboxylic acids is 2. The van der Waals surface area contributed by atoms with Gasteiger partial charge in [-0.2, -0.15) is 0 Å². The average Bonchev–Trinajstić information content (AvgIpc) is 2.64. The summed E-state index contributed by atoms with van der Waals surface area (Å²) in [6.07, 6.45) is 0. The molecular formula is C13H13NO3. The molecule has 0 atom stereocenters. The first-order chi connectivity index (χ1) is 8.09. The first-order valence-corrected chi connectivity index (χ1v) is 5.33. The molecule has 0 amide bonds. The van der Waals surface area contributed by atoms with E-state index in [1.165, 1.54) is 6.92 Å². The van der Waals surface area contributed by atoms with Crippen LogP contribution in [0.5, 0.6) is 0 Å². The predicted octanol–water partition coefficient (Wildman–Crippen LogP) is 2.22. The molecule has 2 aromatic rings. The molecule has 0 bridgehead atoms. The second kappa shape index (κ2) is 4.41. The first-order valence-electron chi connectivity index (χ1n) is 5.33. The Labute approximate surface area is 98.6 Å². The molecule has 2 rings (SSSR count). The fourth-order valence-corrected chi connectivity index (χ4v) is 1.73. The normalized spacial score (nSPS) is 10.5. The Morgan fingerprint density at radius 1 is 1.29 bits per heavy atom. The lowest BCUT2D eigenvalue weighted by Gasteiger charge is -2.01. The fraction of sp³-hybridized carbons (Fsp3) is 0.231. The summed E-state index contributed by atoms with van der Waals surface area (Å²) in [6, 6.07) is 7.63. The van der Waals surface area contributed by atoms with Crippen LogP contribution < -0.4 is 0 Å². The van der Waals surface area contributed by atoms with Gasteiger partial charge >= 0.3 is 5.97 Å². The first kappa shape index (κ1) is 11.4. The van der Waals surface area contributed by atoms with Crippen molar-refractivity contribution in [2.24, 2.45) is 0 Å². The van der Waals surface area contributed by atoms with Crippen LogP contribution in [0.2, 0.25) is 0 Å². The number of ether oxygens (including phenoxy) is 1. The van der Waals surface area contributed by atoms with Crippen LogP contribution in [0.15, 0.2) is 24.3 Å². The second-order valence-electron chi connectivity index (χ2n) is 3.95. The van der Waals surface area contributed by atoms with Crippen LogP contribution in [0, 0.1) is 6.92 Å². The Morgan fingerprint density at radius 3 is 2.65 bits per heavy atom. The summed E-state index contributed by atoms with van der Waals surface area (Å²) >= 11 is 0. The third-order valence-electron chi connectivity index (χ3n) is 2.58. The molecule has 1 N–H and O–H groups in total. The van der Waals surface area contributed by atoms with Crippen molar-refractivity contribution < 1.29 is 14.3 Å². The second-order valence-corrected chi connectivity index (χ2v) is 3.95. The Morgan fingerprint density at radius 2 is 2.00 bits per heavy atom. The van der Waals surface area contributed by atoms with E-state index in [0.29, 0.717) is 5.69 Å². The third-order valence-corrected chi connectivity index (χ3v) is 2.58. The van der Waals surface area contributed by atoms with Gasteiger partial charge in [0, 0.05) is 10.9 Å². The summed E-state index contributed by atoms with van der Waals surface area (Å²) in [5.74, 6) is -0.666. The van der Waals surface area contributed by atoms with Crippen molar-refractivity contribution in [3.8, 4) is 0 Å². The molecule has 0 spiro atoms. The minimum atomic E-state index is -0.492. The number of ketones is 1. The van der Waals surface area contributed by atoms with Gasteiger partial charge in [-0.05, 0) is 25.5 Å². The number of H-pyrrole nitrogens is 1. The van der Waals surface area contributed by atoms with Gasteiger partial charge in [-0.1, -0.05) is 18.2 Å². The highest BCUT2D eigenvalue weighted by Crippen LogP contribution is 2.21. The van der Waals surface area contributed by atoms with E-state index < -0.39 is 5.97 Å². The van der Waals surface area contributed by atoms with E-state index in [1.807, 2.05) is 31.2 Å². The maximum atomic E-state index is 11.7. The topological polar surface area (TPSA) is 59.2 Å². The van der Waals surface area contributed by atoms with Gasteiger partial charge in [-0.3, -0.25) is 4.79 Å². The molecule has 0 unspecified atom stereocenters. The number of nitrogens with one attached hydrogen (secondary N) is 1. The lowest BCUT2D eigenvalue weighted by molar-refractivity contribution is -0.120. The summed E-state index contributed by atoms with van der Waals surface area (Å²) < 4.78 is 4.88. The third kappa shape index (κ3) is 2.20. The molecule has 4 nitrogen and oxygen atoms in total. The molecule has 0 fully saturated rings. The number of aryl methyl sites for hydroxylation is 1. The van der Waals surface area contributed by atoms with Gasteiger partial charge in [-0.15, -0.1) is 0 Å². The summed E-state index contributed by atoms with van der Waals surface area (Å²) in [4.78, 5) is 25.5. The number of carbonyl (C=O) groups is 2. The Hall–Kier alpha value is -2.10. The number of hydrogen-bond acceptors (Lipinski definition) is 3. The monoisotopic (exact) mass is 231 g/mol. The Balaban J connectivity index is 2.32. The molecule has 0 radical (unpaired) electrons. The lowest BCUT2D eigenvalue weighted by Crippen LogP contribution is -2.12. The number of aromatic nitrogens is 1. The zero-order valence-electron chi connectivity index (χ0n) is 9.74. The number of benzene rings is 1. The molecule has 1 heterocycles. The van der Waals surface area contributed by atoms with Crippen LogP contribution in [0.3, 0.4) is 0 Å². The van der Waals surface area contributed by atoms with Gasteiger partial charge in [0.05, 0.1) is 0 Å². The van der Waals surface area contributed by atoms with Crippen molar-refractivity contribution in [2.75, 3.05) is 6.61 Å². The van der Waals surface area contributed by atoms with Crippen molar-refractivity contribution in [3.63, 3.8) is 0 Å². The largest absolute Gasteiger partial charge is 0.453 e. The molecule has 0 saturated carbocycles. The summed E-state index contributed by atoms with van der Waals surface area (Å²) in [7, 11) is 0. The van der Waals surface area contributed by atoms with E-state index in [2.05, 4.69) is 4.98 Å². The summed E-state index contributed by atoms with van der Waals surface area (Å²) in [6.45, 7) is 3.04. The fourth-order valence-electron chi connectivity index (χ4n) is 1.73. The van der Waals surface area contributed by atoms with Crippen LogP contribution >= 0.6 is 0 Å². The molecule has 88 valence electrons. The molecule has 17 heavy (non-hydrogen) atoms. The summed E-state index contributed by atoms with van der Waals surface area (Å²) in [5.41, 5.74) is 2.14. The molecule has 4 heteroatoms. The highest BCUT2D eigenvalue weighted by atomic mass is 16.5. The molecule has 0 aliphatic heterocycles. The number of para-hydroxylation sites is 1. The minimum absolute atomic E-state index is 0.174. The van der Waals surface area contributed by atoms with E-state index in [0.717, 1.165) is 16.5 Å². The number of rotatable bonds is 3. The van der Waals surface area contributed by atoms with E-state index in [4.69, 9.17) is 4.74 Å². The number of fused-ring (bicyclic) bond motifs is 1. The number of hydrogen-bond donors (Lipinski definition) is 1. The lowest BCUT2D eigenvalue weighted by atomic mass is 10.1. The summed E-state index contributed by atoms with van der Waals surface area (Å²) in [5, 5.41) is 0.988. The smallest absolute Gasteiger partial charge is 0.355 e. The van der Waals surface area contributed by atoms with E-state index in [1.54, 1.807) is 0 Å². The van der Waals surface area contributed by atoms with Crippen molar-refractivity contribution >= 4 is 22.7 Å². The van der Waals surface area contributed by atoms with E-state index >= 15 is 0 Å². The standard InChI is InChI=1S/C13H13NO3/c1-8(15)7-17-13(16)12-9(2)10-5-3-4-6-11(10)14-12/h3-6,14H,7H2,1-2H3. The number of esters is 1. The maximum absolute atomic E-state index is 11.7. The molecule has 0 aliphatic carbocycles. The van der Waals surface area contributed by atoms with Gasteiger partial charge < -0.3 is 9.72 Å². The SMILES string of the molecule is CC(=O)COC(=O)c1[nH]c2ccccc2c1C. The van der Waals surface area contributed by atoms with Gasteiger partial charge in [-0.25, -0.2) is 4.79 Å². The van der Waals surface area contributed by atoms with Crippen molar-refractivity contribution in [3.05, 3.63) is 35.5 Å². The molecular weight excluding hydrogens is 218 g/mol. The van der Waals surface area contributed by atoms with Gasteiger partial charge in [0.1, 0.15) is 12.3 Å². The average molecular weight is 231 g/mol. The van der Waals surface area contributed by atoms with Gasteiger partial charge in [0.2, 0.25) is 0 Å². The zero-order chi connectivity index (χ0) is 12.4. The number of Topliss-reactive ketones (excluding diaryl/α,β-unsaturated/α-hetero) is 1. The zero-order valence-corrected chi connectivity index (χ0v) is 9.74. The van der Waals surface area contributed by atoms with Crippen LogP contribution in [-0.4, -0.2) is 23.3 Å². The van der Waals surface area contributed by atoms with Crippen LogP contribution in [0.4, 0.5) is 0 Å². The highest BCUT2D eigenvalue weighted by molar-refractivity contribution is 5.98. The maximum Gasteiger partial charge on any atom is 0.355 e. The van der Waals surface area contributed by atoms with Crippen LogP contribution in [-0.2, 0) is 9.53 Å². The molecule has 0 saturated heterocycles. The number of aromatic amines is 1. The molecule has 1 aromatic heterocycles. The Bertz CT molecular complexity index is 583. The van der Waals surface area contributed by atoms with Crippen molar-refractivity contribution in [1.29, 1.82) is 0 Å². The van der Waals surface area contributed by atoms with Crippen molar-refractivity contribution in [2.45, 2.75) is 13.8 Å². The Kier molecular flexibility index (Phi) is 2.95. The van der Waals surface area contributed by atoms with Crippen LogP contribution in [0.25, 0.3) is 10.9 Å².